The number of carbonyl (C=O) groups is 1. The van der Waals surface area contributed by atoms with Gasteiger partial charge in [-0.3, -0.25) is 4.79 Å². The molecule has 1 aromatic heterocycles. The van der Waals surface area contributed by atoms with E-state index in [2.05, 4.69) is 15.3 Å². The highest BCUT2D eigenvalue weighted by Crippen LogP contribution is 2.31. The average Bonchev–Trinajstić information content (AvgIpc) is 2.79. The number of alkyl halides is 3. The molecule has 3 rings (SSSR count). The number of fused-ring (bicyclic) bond motifs is 1. The number of hydrogen-bond donors (Lipinski definition) is 2. The second-order valence-corrected chi connectivity index (χ2v) is 5.77. The lowest BCUT2D eigenvalue weighted by atomic mass is 10.1. The molecule has 0 fully saturated rings. The zero-order valence-electron chi connectivity index (χ0n) is 13.4. The molecule has 0 spiro atoms. The topological polar surface area (TPSA) is 78.1 Å². The normalized spacial score (nSPS) is 14.5. The molecule has 26 heavy (non-hydrogen) atoms. The summed E-state index contributed by atoms with van der Waals surface area (Å²) in [5, 5.41) is 2.17. The summed E-state index contributed by atoms with van der Waals surface area (Å²) in [7, 11) is 0. The number of carbonyl (C=O) groups excluding carboxylic acids is 1. The van der Waals surface area contributed by atoms with Gasteiger partial charge in [-0.2, -0.15) is 13.2 Å². The molecule has 2 heterocycles. The Labute approximate surface area is 144 Å². The Morgan fingerprint density at radius 1 is 1.23 bits per heavy atom. The number of anilines is 1. The highest BCUT2D eigenvalue weighted by molar-refractivity contribution is 5.89. The number of aromatic amines is 1. The Hall–Kier alpha value is -2.91. The molecule has 1 aromatic carbocycles. The summed E-state index contributed by atoms with van der Waals surface area (Å²) in [6, 6.07) is 1.06. The number of nitrogens with zero attached hydrogens (tertiary/aromatic N) is 2. The van der Waals surface area contributed by atoms with Crippen molar-refractivity contribution in [3.8, 4) is 0 Å². The number of urea groups is 1. The fraction of sp³-hybridized carbons (Fsp3) is 0.312. The molecule has 6 nitrogen and oxygen atoms in total. The van der Waals surface area contributed by atoms with Crippen molar-refractivity contribution in [1.82, 2.24) is 14.9 Å². The van der Waals surface area contributed by atoms with Crippen LogP contribution in [0.15, 0.2) is 29.3 Å². The van der Waals surface area contributed by atoms with E-state index in [-0.39, 0.29) is 25.1 Å². The number of hydrogen-bond acceptors (Lipinski definition) is 3. The predicted molar refractivity (Wildman–Crippen MR) is 84.3 cm³/mol. The quantitative estimate of drug-likeness (QED) is 0.758. The van der Waals surface area contributed by atoms with Crippen molar-refractivity contribution in [3.05, 3.63) is 57.5 Å². The Bertz CT molecular complexity index is 895. The summed E-state index contributed by atoms with van der Waals surface area (Å²) in [4.78, 5) is 32.0. The summed E-state index contributed by atoms with van der Waals surface area (Å²) in [6.07, 6.45) is -2.81. The molecule has 10 heteroatoms. The molecule has 0 bridgehead atoms. The van der Waals surface area contributed by atoms with Crippen LogP contribution in [0.25, 0.3) is 0 Å². The highest BCUT2D eigenvalue weighted by Gasteiger charge is 2.31. The summed E-state index contributed by atoms with van der Waals surface area (Å²) < 4.78 is 52.0. The van der Waals surface area contributed by atoms with E-state index in [0.29, 0.717) is 35.9 Å². The molecular formula is C16H14F4N4O2. The fourth-order valence-electron chi connectivity index (χ4n) is 2.73. The van der Waals surface area contributed by atoms with Gasteiger partial charge in [0, 0.05) is 25.1 Å². The summed E-state index contributed by atoms with van der Waals surface area (Å²) >= 11 is 0. The SMILES string of the molecule is O=C(Nc1cc(C(F)(F)F)ccc1F)N1CCc2nc[nH]c(=O)c2CC1. The maximum atomic E-state index is 13.8. The zero-order chi connectivity index (χ0) is 18.9. The number of benzene rings is 1. The van der Waals surface area contributed by atoms with E-state index < -0.39 is 29.3 Å². The molecule has 138 valence electrons. The van der Waals surface area contributed by atoms with Gasteiger partial charge in [0.2, 0.25) is 0 Å². The number of H-pyrrole nitrogens is 1. The van der Waals surface area contributed by atoms with E-state index in [9.17, 15) is 27.2 Å². The van der Waals surface area contributed by atoms with Crippen LogP contribution in [-0.4, -0.2) is 34.0 Å². The van der Waals surface area contributed by atoms with Crippen molar-refractivity contribution in [2.24, 2.45) is 0 Å². The minimum absolute atomic E-state index is 0.161. The van der Waals surface area contributed by atoms with Gasteiger partial charge in [-0.15, -0.1) is 0 Å². The largest absolute Gasteiger partial charge is 0.416 e. The fourth-order valence-corrected chi connectivity index (χ4v) is 2.73. The van der Waals surface area contributed by atoms with Gasteiger partial charge in [0.1, 0.15) is 5.82 Å². The van der Waals surface area contributed by atoms with Crippen molar-refractivity contribution >= 4 is 11.7 Å². The van der Waals surface area contributed by atoms with Gasteiger partial charge in [-0.1, -0.05) is 0 Å². The lowest BCUT2D eigenvalue weighted by Crippen LogP contribution is -2.37. The maximum Gasteiger partial charge on any atom is 0.416 e. The average molecular weight is 370 g/mol. The Morgan fingerprint density at radius 3 is 2.69 bits per heavy atom. The van der Waals surface area contributed by atoms with Gasteiger partial charge in [0.25, 0.3) is 5.56 Å². The Morgan fingerprint density at radius 2 is 1.96 bits per heavy atom. The van der Waals surface area contributed by atoms with Crippen LogP contribution in [0.1, 0.15) is 16.8 Å². The van der Waals surface area contributed by atoms with Crippen molar-refractivity contribution in [3.63, 3.8) is 0 Å². The number of halogens is 4. The molecule has 1 aliphatic rings. The minimum atomic E-state index is -4.65. The van der Waals surface area contributed by atoms with E-state index in [4.69, 9.17) is 0 Å². The number of amides is 2. The second-order valence-electron chi connectivity index (χ2n) is 5.77. The molecule has 1 aliphatic heterocycles. The van der Waals surface area contributed by atoms with Crippen molar-refractivity contribution in [2.45, 2.75) is 19.0 Å². The molecule has 0 unspecified atom stereocenters. The third-order valence-electron chi connectivity index (χ3n) is 4.11. The van der Waals surface area contributed by atoms with E-state index in [1.165, 1.54) is 11.2 Å². The van der Waals surface area contributed by atoms with Crippen molar-refractivity contribution in [2.75, 3.05) is 18.4 Å². The van der Waals surface area contributed by atoms with Crippen LogP contribution in [0, 0.1) is 5.82 Å². The predicted octanol–water partition coefficient (Wildman–Crippen LogP) is 2.56. The number of aromatic nitrogens is 2. The van der Waals surface area contributed by atoms with Crippen LogP contribution in [-0.2, 0) is 19.0 Å². The minimum Gasteiger partial charge on any atom is -0.324 e. The lowest BCUT2D eigenvalue weighted by molar-refractivity contribution is -0.137. The number of nitrogens with one attached hydrogen (secondary N) is 2. The molecule has 0 radical (unpaired) electrons. The molecule has 0 saturated heterocycles. The summed E-state index contributed by atoms with van der Waals surface area (Å²) in [5.74, 6) is -0.970. The zero-order valence-corrected chi connectivity index (χ0v) is 13.4. The van der Waals surface area contributed by atoms with Crippen molar-refractivity contribution in [1.29, 1.82) is 0 Å². The van der Waals surface area contributed by atoms with E-state index >= 15 is 0 Å². The smallest absolute Gasteiger partial charge is 0.324 e. The highest BCUT2D eigenvalue weighted by atomic mass is 19.4. The van der Waals surface area contributed by atoms with Gasteiger partial charge in [0.15, 0.2) is 0 Å². The molecule has 0 atom stereocenters. The Kier molecular flexibility index (Phi) is 4.66. The van der Waals surface area contributed by atoms with Gasteiger partial charge < -0.3 is 15.2 Å². The standard InChI is InChI=1S/C16H14F4N4O2/c17-11-2-1-9(16(18,19)20)7-13(11)23-15(26)24-5-3-10-12(4-6-24)21-8-22-14(10)25/h1-2,7-8H,3-6H2,(H,23,26)(H,21,22,25). The third-order valence-corrected chi connectivity index (χ3v) is 4.11. The molecule has 0 saturated carbocycles. The first-order valence-electron chi connectivity index (χ1n) is 7.74. The van der Waals surface area contributed by atoms with Gasteiger partial charge in [-0.05, 0) is 24.6 Å². The summed E-state index contributed by atoms with van der Waals surface area (Å²) in [6.45, 7) is 0.365. The molecule has 2 N–H and O–H groups in total. The van der Waals surface area contributed by atoms with Crippen LogP contribution in [0.4, 0.5) is 28.0 Å². The lowest BCUT2D eigenvalue weighted by Gasteiger charge is -2.21. The maximum absolute atomic E-state index is 13.8. The second kappa shape index (κ2) is 6.77. The number of rotatable bonds is 1. The van der Waals surface area contributed by atoms with E-state index in [0.717, 1.165) is 0 Å². The summed E-state index contributed by atoms with van der Waals surface area (Å²) in [5.41, 5.74) is -0.876. The molecular weight excluding hydrogens is 356 g/mol. The van der Waals surface area contributed by atoms with Crippen LogP contribution < -0.4 is 10.9 Å². The molecule has 2 aromatic rings. The third kappa shape index (κ3) is 3.68. The van der Waals surface area contributed by atoms with Gasteiger partial charge in [-0.25, -0.2) is 14.2 Å². The first-order valence-corrected chi connectivity index (χ1v) is 7.74. The van der Waals surface area contributed by atoms with E-state index in [1.807, 2.05) is 0 Å². The molecule has 2 amide bonds. The van der Waals surface area contributed by atoms with Gasteiger partial charge in [0.05, 0.1) is 23.3 Å². The monoisotopic (exact) mass is 370 g/mol. The van der Waals surface area contributed by atoms with E-state index in [1.54, 1.807) is 0 Å². The Balaban J connectivity index is 1.75. The van der Waals surface area contributed by atoms with Crippen LogP contribution >= 0.6 is 0 Å². The van der Waals surface area contributed by atoms with Gasteiger partial charge >= 0.3 is 12.2 Å². The van der Waals surface area contributed by atoms with Crippen LogP contribution in [0.2, 0.25) is 0 Å². The van der Waals surface area contributed by atoms with Crippen LogP contribution in [0.5, 0.6) is 0 Å². The molecule has 0 aliphatic carbocycles. The van der Waals surface area contributed by atoms with Crippen LogP contribution in [0.3, 0.4) is 0 Å². The first-order chi connectivity index (χ1) is 12.3. The first kappa shape index (κ1) is 17.9. The van der Waals surface area contributed by atoms with Crippen molar-refractivity contribution < 1.29 is 22.4 Å².